The van der Waals surface area contributed by atoms with Gasteiger partial charge in [0.05, 0.1) is 23.8 Å². The first-order valence-corrected chi connectivity index (χ1v) is 13.9. The van der Waals surface area contributed by atoms with Gasteiger partial charge in [0.1, 0.15) is 12.3 Å². The predicted octanol–water partition coefficient (Wildman–Crippen LogP) is 1.20. The standard InChI is InChI=1S/C24H36N4O6S/c1-18-5-3-6-19(2)27(18)10-4-9-25-23(29)16-28-21-15-20(7-8-22(21)34-17-24(28)30)35(31,32)26-11-13-33-14-12-26/h7-8,15,18-19H,3-6,9-14,16-17H2,1-2H3,(H,25,29)/t18-,19-/m1/s1. The topological polar surface area (TPSA) is 108 Å². The number of nitrogens with zero attached hydrogens (tertiary/aromatic N) is 3. The summed E-state index contributed by atoms with van der Waals surface area (Å²) in [4.78, 5) is 29.1. The number of ether oxygens (including phenoxy) is 2. The second kappa shape index (κ2) is 11.2. The lowest BCUT2D eigenvalue weighted by Gasteiger charge is -2.39. The van der Waals surface area contributed by atoms with Crippen molar-refractivity contribution in [1.82, 2.24) is 14.5 Å². The number of likely N-dealkylation sites (tertiary alicyclic amines) is 1. The molecule has 1 aromatic rings. The molecule has 0 aliphatic carbocycles. The van der Waals surface area contributed by atoms with Crippen LogP contribution in [-0.4, -0.2) is 94.1 Å². The van der Waals surface area contributed by atoms with E-state index in [0.29, 0.717) is 43.3 Å². The Hall–Kier alpha value is -2.21. The van der Waals surface area contributed by atoms with Gasteiger partial charge in [-0.15, -0.1) is 0 Å². The maximum Gasteiger partial charge on any atom is 0.265 e. The van der Waals surface area contributed by atoms with E-state index in [1.807, 2.05) is 0 Å². The lowest BCUT2D eigenvalue weighted by molar-refractivity contribution is -0.125. The van der Waals surface area contributed by atoms with Crippen LogP contribution in [0.1, 0.15) is 39.5 Å². The molecule has 3 aliphatic rings. The fourth-order valence-corrected chi connectivity index (χ4v) is 6.48. The SMILES string of the molecule is C[C@@H]1CCC[C@@H](C)N1CCCNC(=O)CN1C(=O)COc2ccc(S(=O)(=O)N3CCOCC3)cc21. The summed E-state index contributed by atoms with van der Waals surface area (Å²) in [6.45, 7) is 6.79. The molecule has 194 valence electrons. The summed E-state index contributed by atoms with van der Waals surface area (Å²) in [5, 5.41) is 2.91. The molecule has 2 saturated heterocycles. The third-order valence-corrected chi connectivity index (χ3v) is 8.97. The summed E-state index contributed by atoms with van der Waals surface area (Å²) in [5.41, 5.74) is 0.293. The van der Waals surface area contributed by atoms with Crippen molar-refractivity contribution in [3.8, 4) is 5.75 Å². The largest absolute Gasteiger partial charge is 0.482 e. The lowest BCUT2D eigenvalue weighted by Crippen LogP contribution is -2.46. The van der Waals surface area contributed by atoms with Crippen LogP contribution in [0, 0.1) is 0 Å². The number of hydrogen-bond acceptors (Lipinski definition) is 7. The molecule has 3 heterocycles. The van der Waals surface area contributed by atoms with Gasteiger partial charge in [0.15, 0.2) is 6.61 Å². The molecule has 0 unspecified atom stereocenters. The van der Waals surface area contributed by atoms with Crippen molar-refractivity contribution >= 4 is 27.5 Å². The summed E-state index contributed by atoms with van der Waals surface area (Å²) < 4.78 is 38.3. The van der Waals surface area contributed by atoms with E-state index in [2.05, 4.69) is 24.1 Å². The Kier molecular flexibility index (Phi) is 8.31. The number of amides is 2. The van der Waals surface area contributed by atoms with Crippen molar-refractivity contribution in [2.45, 2.75) is 56.5 Å². The normalized spacial score (nSPS) is 24.1. The number of piperidine rings is 1. The Morgan fingerprint density at radius 3 is 2.57 bits per heavy atom. The monoisotopic (exact) mass is 508 g/mol. The van der Waals surface area contributed by atoms with Crippen LogP contribution >= 0.6 is 0 Å². The third-order valence-electron chi connectivity index (χ3n) is 7.07. The summed E-state index contributed by atoms with van der Waals surface area (Å²) in [6, 6.07) is 5.55. The summed E-state index contributed by atoms with van der Waals surface area (Å²) in [7, 11) is -3.75. The molecule has 2 fully saturated rings. The van der Waals surface area contributed by atoms with E-state index in [9.17, 15) is 18.0 Å². The first kappa shape index (κ1) is 25.9. The maximum absolute atomic E-state index is 13.1. The minimum absolute atomic E-state index is 0.0617. The highest BCUT2D eigenvalue weighted by Gasteiger charge is 2.32. The van der Waals surface area contributed by atoms with Crippen LogP contribution in [-0.2, 0) is 24.3 Å². The van der Waals surface area contributed by atoms with Crippen LogP contribution in [0.2, 0.25) is 0 Å². The molecule has 2 amide bonds. The molecule has 1 N–H and O–H groups in total. The van der Waals surface area contributed by atoms with E-state index in [0.717, 1.165) is 13.0 Å². The van der Waals surface area contributed by atoms with Gasteiger partial charge in [0.2, 0.25) is 15.9 Å². The van der Waals surface area contributed by atoms with E-state index in [4.69, 9.17) is 9.47 Å². The number of hydrogen-bond donors (Lipinski definition) is 1. The molecular weight excluding hydrogens is 472 g/mol. The van der Waals surface area contributed by atoms with E-state index in [1.54, 1.807) is 6.07 Å². The van der Waals surface area contributed by atoms with E-state index in [-0.39, 0.29) is 43.0 Å². The number of morpholine rings is 1. The molecule has 0 radical (unpaired) electrons. The second-order valence-corrected chi connectivity index (χ2v) is 11.4. The van der Waals surface area contributed by atoms with Gasteiger partial charge < -0.3 is 14.8 Å². The zero-order valence-corrected chi connectivity index (χ0v) is 21.4. The maximum atomic E-state index is 13.1. The van der Waals surface area contributed by atoms with Gasteiger partial charge in [-0.3, -0.25) is 19.4 Å². The summed E-state index contributed by atoms with van der Waals surface area (Å²) in [5.74, 6) is -0.289. The molecular formula is C24H36N4O6S. The van der Waals surface area contributed by atoms with Gasteiger partial charge in [0.25, 0.3) is 5.91 Å². The van der Waals surface area contributed by atoms with Gasteiger partial charge >= 0.3 is 0 Å². The van der Waals surface area contributed by atoms with E-state index in [1.165, 1.54) is 40.6 Å². The number of carbonyl (C=O) groups excluding carboxylic acids is 2. The summed E-state index contributed by atoms with van der Waals surface area (Å²) >= 11 is 0. The quantitative estimate of drug-likeness (QED) is 0.526. The molecule has 4 rings (SSSR count). The average Bonchev–Trinajstić information content (AvgIpc) is 2.85. The van der Waals surface area contributed by atoms with E-state index < -0.39 is 10.0 Å². The van der Waals surface area contributed by atoms with Crippen LogP contribution in [0.4, 0.5) is 5.69 Å². The lowest BCUT2D eigenvalue weighted by atomic mass is 9.97. The Bertz CT molecular complexity index is 1020. The van der Waals surface area contributed by atoms with Crippen molar-refractivity contribution in [1.29, 1.82) is 0 Å². The zero-order chi connectivity index (χ0) is 25.0. The van der Waals surface area contributed by atoms with Crippen LogP contribution in [0.5, 0.6) is 5.75 Å². The van der Waals surface area contributed by atoms with E-state index >= 15 is 0 Å². The first-order valence-electron chi connectivity index (χ1n) is 12.4. The van der Waals surface area contributed by atoms with Crippen LogP contribution in [0.15, 0.2) is 23.1 Å². The minimum atomic E-state index is -3.75. The van der Waals surface area contributed by atoms with Crippen molar-refractivity contribution in [2.24, 2.45) is 0 Å². The van der Waals surface area contributed by atoms with Gasteiger partial charge in [-0.25, -0.2) is 8.42 Å². The highest BCUT2D eigenvalue weighted by Crippen LogP contribution is 2.35. The van der Waals surface area contributed by atoms with Crippen molar-refractivity contribution < 1.29 is 27.5 Å². The zero-order valence-electron chi connectivity index (χ0n) is 20.6. The Morgan fingerprint density at radius 2 is 1.86 bits per heavy atom. The molecule has 35 heavy (non-hydrogen) atoms. The third kappa shape index (κ3) is 5.96. The van der Waals surface area contributed by atoms with Gasteiger partial charge in [-0.1, -0.05) is 6.42 Å². The molecule has 10 nitrogen and oxygen atoms in total. The number of anilines is 1. The van der Waals surface area contributed by atoms with Gasteiger partial charge in [0, 0.05) is 38.3 Å². The predicted molar refractivity (Wildman–Crippen MR) is 131 cm³/mol. The van der Waals surface area contributed by atoms with Crippen molar-refractivity contribution in [3.63, 3.8) is 0 Å². The Labute approximate surface area is 207 Å². The van der Waals surface area contributed by atoms with Crippen molar-refractivity contribution in [2.75, 3.05) is 57.4 Å². The average molecular weight is 509 g/mol. The smallest absolute Gasteiger partial charge is 0.265 e. The fourth-order valence-electron chi connectivity index (χ4n) is 5.06. The fraction of sp³-hybridized carbons (Fsp3) is 0.667. The molecule has 3 aliphatic heterocycles. The highest BCUT2D eigenvalue weighted by atomic mass is 32.2. The molecule has 2 atom stereocenters. The van der Waals surface area contributed by atoms with Crippen LogP contribution in [0.3, 0.4) is 0 Å². The Balaban J connectivity index is 1.38. The first-order chi connectivity index (χ1) is 16.8. The molecule has 0 aromatic heterocycles. The van der Waals surface area contributed by atoms with Crippen molar-refractivity contribution in [3.05, 3.63) is 18.2 Å². The highest BCUT2D eigenvalue weighted by molar-refractivity contribution is 7.89. The van der Waals surface area contributed by atoms with Crippen LogP contribution < -0.4 is 15.0 Å². The number of rotatable bonds is 8. The number of sulfonamides is 1. The molecule has 0 saturated carbocycles. The van der Waals surface area contributed by atoms with Gasteiger partial charge in [-0.2, -0.15) is 4.31 Å². The summed E-state index contributed by atoms with van der Waals surface area (Å²) in [6.07, 6.45) is 4.51. The van der Waals surface area contributed by atoms with Crippen LogP contribution in [0.25, 0.3) is 0 Å². The van der Waals surface area contributed by atoms with Gasteiger partial charge in [-0.05, 0) is 51.3 Å². The number of benzene rings is 1. The number of nitrogens with one attached hydrogen (secondary N) is 1. The number of fused-ring (bicyclic) bond motifs is 1. The molecule has 11 heteroatoms. The minimum Gasteiger partial charge on any atom is -0.482 e. The number of carbonyl (C=O) groups is 2. The molecule has 1 aromatic carbocycles. The molecule has 0 spiro atoms. The second-order valence-electron chi connectivity index (χ2n) is 9.48. The molecule has 0 bridgehead atoms. The Morgan fingerprint density at radius 1 is 1.14 bits per heavy atom.